The smallest absolute Gasteiger partial charge is 0.744 e. The summed E-state index contributed by atoms with van der Waals surface area (Å²) in [7, 11) is -19.5. The SMILES string of the molecule is Nc1c(N=Nc2ccc(S(=O)(=O)CCOS(=O)(=O)[O-])cc2SOO[O-])c(S(=O)(=O)[O-])cc2cc(SOO[O-])c(N=Nc3cc(S(=O)(=O)CCOSOO[O-])ccc3C(=O)[O-])c(O)c12.[Na+].[Na+].[Na+].[Na+].[Na+].[Na+]. The fourth-order valence-corrected chi connectivity index (χ4v) is 9.39. The van der Waals surface area contributed by atoms with Crippen LogP contribution in [0.5, 0.6) is 5.75 Å². The molecular weight excluding hydrogens is 1140 g/mol. The van der Waals surface area contributed by atoms with E-state index in [2.05, 4.69) is 56.9 Å². The number of aromatic carboxylic acids is 1. The third kappa shape index (κ3) is 22.3. The summed E-state index contributed by atoms with van der Waals surface area (Å²) in [5.74, 6) is -4.75. The molecule has 4 aromatic carbocycles. The second-order valence-electron chi connectivity index (χ2n) is 11.1. The third-order valence-electron chi connectivity index (χ3n) is 7.36. The first-order valence-corrected chi connectivity index (χ1v) is 23.7. The van der Waals surface area contributed by atoms with E-state index in [9.17, 15) is 73.6 Å². The molecular formula is C27H19N5Na6O24S7. The molecule has 0 aliphatic rings. The van der Waals surface area contributed by atoms with Crippen LogP contribution in [0.1, 0.15) is 10.4 Å². The van der Waals surface area contributed by atoms with Gasteiger partial charge in [0.05, 0.1) is 96.0 Å². The number of hydrogen-bond donors (Lipinski definition) is 2. The van der Waals surface area contributed by atoms with Crippen molar-refractivity contribution in [2.45, 2.75) is 24.5 Å². The molecule has 344 valence electrons. The van der Waals surface area contributed by atoms with Crippen LogP contribution in [0.25, 0.3) is 10.8 Å². The monoisotopic (exact) mass is 1160 g/mol. The van der Waals surface area contributed by atoms with Gasteiger partial charge >= 0.3 is 177 Å². The molecule has 0 aliphatic heterocycles. The normalized spacial score (nSPS) is 11.7. The number of sulfone groups is 2. The Morgan fingerprint density at radius 1 is 0.652 bits per heavy atom. The summed E-state index contributed by atoms with van der Waals surface area (Å²) in [5, 5.41) is 78.2. The number of anilines is 1. The summed E-state index contributed by atoms with van der Waals surface area (Å²) in [4.78, 5) is 8.71. The van der Waals surface area contributed by atoms with Gasteiger partial charge in [0.2, 0.25) is 10.4 Å². The first-order valence-electron chi connectivity index (χ1n) is 15.5. The first-order chi connectivity index (χ1) is 29.5. The summed E-state index contributed by atoms with van der Waals surface area (Å²) in [6.07, 6.45) is 0. The molecule has 3 N–H and O–H groups in total. The number of phenols is 1. The molecule has 4 aromatic rings. The molecule has 4 rings (SSSR count). The largest absolute Gasteiger partial charge is 1.00 e. The van der Waals surface area contributed by atoms with Crippen LogP contribution in [0.2, 0.25) is 0 Å². The number of nitrogens with two attached hydrogens (primary N) is 1. The van der Waals surface area contributed by atoms with Crippen molar-refractivity contribution in [1.29, 1.82) is 0 Å². The van der Waals surface area contributed by atoms with E-state index in [1.54, 1.807) is 0 Å². The number of aromatic hydroxyl groups is 1. The van der Waals surface area contributed by atoms with Crippen LogP contribution in [-0.2, 0) is 76.7 Å². The Hall–Kier alpha value is 1.74. The molecule has 0 atom stereocenters. The number of phenolic OH excluding ortho intramolecular Hbond substituents is 1. The summed E-state index contributed by atoms with van der Waals surface area (Å²) >= 11 is 0.0661. The van der Waals surface area contributed by atoms with Crippen LogP contribution < -0.4 is 204 Å². The number of nitrogens with zero attached hydrogens (tertiary/aromatic N) is 4. The van der Waals surface area contributed by atoms with Gasteiger partial charge in [0.25, 0.3) is 0 Å². The van der Waals surface area contributed by atoms with Crippen molar-refractivity contribution in [2.75, 3.05) is 30.5 Å². The van der Waals surface area contributed by atoms with Gasteiger partial charge in [-0.3, -0.25) is 23.5 Å². The number of rotatable bonds is 24. The van der Waals surface area contributed by atoms with Crippen LogP contribution in [0.4, 0.5) is 28.4 Å². The van der Waals surface area contributed by atoms with Crippen LogP contribution in [-0.4, -0.2) is 78.6 Å². The van der Waals surface area contributed by atoms with Gasteiger partial charge in [0, 0.05) is 5.56 Å². The Kier molecular flexibility index (Phi) is 37.5. The molecule has 0 unspecified atom stereocenters. The quantitative estimate of drug-likeness (QED) is 0.00757. The van der Waals surface area contributed by atoms with Crippen molar-refractivity contribution in [3.05, 3.63) is 54.1 Å². The number of fused-ring (bicyclic) bond motifs is 1. The number of carbonyl (C=O) groups excluding carboxylic acids is 1. The molecule has 0 saturated carbocycles. The standard InChI is InChI=1S/C27H25N5O24S7.6Na/c28-23-22-13(10-21(62(43,44)45)25(23)32-29-17-4-2-15(12-19(17)57-54-51-36)61(41,42)8-6-50-63(46,47)48)9-20(58-55-52-37)24(26(22)33)31-30-18-11-14(1-3-16(18)27(34)35)60(39,40)7-5-49-59-56-53-38;;;;;;/h1-4,9-12,33,36-38H,5-8,28H2,(H,34,35)(H,43,44,45)(H,46,47,48);;;;;;/q;6*+1/p-6. The average Bonchev–Trinajstić information content (AvgIpc) is 3.20. The summed E-state index contributed by atoms with van der Waals surface area (Å²) < 4.78 is 142. The van der Waals surface area contributed by atoms with E-state index < -0.39 is 146 Å². The number of nitrogen functional groups attached to an aromatic ring is 1. The maximum Gasteiger partial charge on any atom is 1.00 e. The molecule has 0 aromatic heterocycles. The van der Waals surface area contributed by atoms with Gasteiger partial charge in [-0.1, -0.05) is 0 Å². The van der Waals surface area contributed by atoms with Gasteiger partial charge in [0.15, 0.2) is 37.7 Å². The summed E-state index contributed by atoms with van der Waals surface area (Å²) in [6, 6.07) is 6.47. The van der Waals surface area contributed by atoms with Crippen molar-refractivity contribution in [3.8, 4) is 5.75 Å². The van der Waals surface area contributed by atoms with E-state index in [0.29, 0.717) is 6.07 Å². The molecule has 0 heterocycles. The Morgan fingerprint density at radius 3 is 1.72 bits per heavy atom. The van der Waals surface area contributed by atoms with E-state index in [4.69, 9.17) is 5.73 Å². The number of hydrogen-bond acceptors (Lipinski definition) is 32. The Bertz CT molecular complexity index is 2890. The maximum atomic E-state index is 12.9. The van der Waals surface area contributed by atoms with E-state index in [1.165, 1.54) is 0 Å². The molecule has 0 amide bonds. The zero-order valence-corrected chi connectivity index (χ0v) is 53.7. The van der Waals surface area contributed by atoms with E-state index in [0.717, 1.165) is 42.5 Å². The minimum atomic E-state index is -5.57. The van der Waals surface area contributed by atoms with Gasteiger partial charge < -0.3 is 45.6 Å². The predicted molar refractivity (Wildman–Crippen MR) is 195 cm³/mol. The Morgan fingerprint density at radius 2 is 1.17 bits per heavy atom. The Balaban J connectivity index is -0.00000726. The Labute approximate surface area is 535 Å². The van der Waals surface area contributed by atoms with Gasteiger partial charge in [0.1, 0.15) is 27.2 Å². The van der Waals surface area contributed by atoms with E-state index >= 15 is 0 Å². The van der Waals surface area contributed by atoms with E-state index in [-0.39, 0.29) is 214 Å². The second kappa shape index (κ2) is 34.5. The van der Waals surface area contributed by atoms with E-state index in [1.807, 2.05) is 0 Å². The fraction of sp³-hybridized carbons (Fsp3) is 0.148. The molecule has 0 saturated heterocycles. The molecule has 69 heavy (non-hydrogen) atoms. The molecule has 42 heteroatoms. The molecule has 0 radical (unpaired) electrons. The number of benzene rings is 4. The zero-order valence-electron chi connectivity index (χ0n) is 36.0. The fourth-order valence-electron chi connectivity index (χ4n) is 4.76. The minimum Gasteiger partial charge on any atom is -0.744 e. The molecule has 29 nitrogen and oxygen atoms in total. The molecule has 0 bridgehead atoms. The van der Waals surface area contributed by atoms with Crippen molar-refractivity contribution in [2.24, 2.45) is 20.5 Å². The first kappa shape index (κ1) is 75.0. The molecule has 0 spiro atoms. The zero-order chi connectivity index (χ0) is 46.8. The van der Waals surface area contributed by atoms with Crippen LogP contribution in [0, 0.1) is 0 Å². The van der Waals surface area contributed by atoms with Gasteiger partial charge in [-0.2, -0.15) is 8.67 Å². The predicted octanol–water partition coefficient (Wildman–Crippen LogP) is -18.5. The number of carboxylic acids is 1. The van der Waals surface area contributed by atoms with Crippen molar-refractivity contribution >= 4 is 122 Å². The van der Waals surface area contributed by atoms with Crippen LogP contribution >= 0.6 is 36.4 Å². The second-order valence-corrected chi connectivity index (χ2v) is 19.7. The summed E-state index contributed by atoms with van der Waals surface area (Å²) in [6.45, 7) is -1.66. The topological polar surface area (TPSA) is 462 Å². The number of carbonyl (C=O) groups is 1. The molecule has 0 aliphatic carbocycles. The maximum absolute atomic E-state index is 12.9. The van der Waals surface area contributed by atoms with Crippen molar-refractivity contribution < 1.29 is 287 Å². The van der Waals surface area contributed by atoms with Gasteiger partial charge in [-0.15, -0.1) is 24.8 Å². The number of azo groups is 2. The number of carboxylic acid groups (broad SMARTS) is 1. The minimum absolute atomic E-state index is 0. The molecule has 0 fully saturated rings. The van der Waals surface area contributed by atoms with Crippen LogP contribution in [0.15, 0.2) is 93.5 Å². The van der Waals surface area contributed by atoms with Crippen molar-refractivity contribution in [1.82, 2.24) is 0 Å². The van der Waals surface area contributed by atoms with Gasteiger partial charge in [-0.05, 0) is 53.9 Å². The van der Waals surface area contributed by atoms with Gasteiger partial charge in [-0.25, -0.2) is 33.7 Å². The third-order valence-corrected chi connectivity index (χ3v) is 13.6. The van der Waals surface area contributed by atoms with Crippen LogP contribution in [0.3, 0.4) is 0 Å². The van der Waals surface area contributed by atoms with Crippen molar-refractivity contribution in [3.63, 3.8) is 0 Å². The average molecular weight is 1160 g/mol. The summed E-state index contributed by atoms with van der Waals surface area (Å²) in [5.41, 5.74) is 1.78.